The maximum Gasteiger partial charge on any atom is 0.339 e. The number of carboxylic acids is 1. The summed E-state index contributed by atoms with van der Waals surface area (Å²) in [6.07, 6.45) is 0. The molecular weight excluding hydrogens is 272 g/mol. The van der Waals surface area contributed by atoms with Gasteiger partial charge in [-0.2, -0.15) is 0 Å². The molecule has 21 heavy (non-hydrogen) atoms. The van der Waals surface area contributed by atoms with Gasteiger partial charge in [-0.1, -0.05) is 24.3 Å². The highest BCUT2D eigenvalue weighted by Gasteiger charge is 2.09. The number of aliphatic hydroxyl groups excluding tert-OH is 1. The Morgan fingerprint density at radius 1 is 1.00 bits per heavy atom. The van der Waals surface area contributed by atoms with E-state index < -0.39 is 5.97 Å². The quantitative estimate of drug-likeness (QED) is 0.765. The molecule has 5 nitrogen and oxygen atoms in total. The van der Waals surface area contributed by atoms with Crippen LogP contribution in [0, 0.1) is 0 Å². The first-order chi connectivity index (χ1) is 10.2. The van der Waals surface area contributed by atoms with Crippen LogP contribution in [0.15, 0.2) is 48.5 Å². The Morgan fingerprint density at radius 2 is 1.76 bits per heavy atom. The Kier molecular flexibility index (Phi) is 5.17. The number of benzene rings is 2. The number of hydrogen-bond acceptors (Lipinski definition) is 4. The normalized spacial score (nSPS) is 10.1. The molecule has 0 aliphatic heterocycles. The third-order valence-corrected chi connectivity index (χ3v) is 2.81. The van der Waals surface area contributed by atoms with Crippen molar-refractivity contribution in [2.45, 2.75) is 6.61 Å². The molecule has 0 radical (unpaired) electrons. The molecule has 0 atom stereocenters. The van der Waals surface area contributed by atoms with Gasteiger partial charge in [0.2, 0.25) is 0 Å². The Hall–Kier alpha value is -2.53. The molecule has 0 fully saturated rings. The number of para-hydroxylation sites is 1. The standard InChI is InChI=1S/C16H16O5/c17-11-12-4-3-5-13(10-12)20-8-9-21-15-7-2-1-6-14(15)16(18)19/h1-7,10,17H,8-9,11H2,(H,18,19). The van der Waals surface area contributed by atoms with E-state index in [9.17, 15) is 4.79 Å². The van der Waals surface area contributed by atoms with E-state index in [1.807, 2.05) is 0 Å². The van der Waals surface area contributed by atoms with Crippen molar-refractivity contribution in [2.24, 2.45) is 0 Å². The first kappa shape index (κ1) is 14.9. The second kappa shape index (κ2) is 7.31. The van der Waals surface area contributed by atoms with Crippen LogP contribution in [0.2, 0.25) is 0 Å². The van der Waals surface area contributed by atoms with Crippen molar-refractivity contribution in [1.82, 2.24) is 0 Å². The Morgan fingerprint density at radius 3 is 2.52 bits per heavy atom. The molecule has 0 saturated heterocycles. The second-order valence-corrected chi connectivity index (χ2v) is 4.30. The van der Waals surface area contributed by atoms with Crippen molar-refractivity contribution >= 4 is 5.97 Å². The van der Waals surface area contributed by atoms with Crippen LogP contribution in [-0.4, -0.2) is 29.4 Å². The van der Waals surface area contributed by atoms with Crippen LogP contribution in [-0.2, 0) is 6.61 Å². The molecule has 0 heterocycles. The van der Waals surface area contributed by atoms with Gasteiger partial charge < -0.3 is 19.7 Å². The largest absolute Gasteiger partial charge is 0.490 e. The smallest absolute Gasteiger partial charge is 0.339 e. The van der Waals surface area contributed by atoms with Crippen LogP contribution in [0.1, 0.15) is 15.9 Å². The number of hydrogen-bond donors (Lipinski definition) is 2. The Labute approximate surface area is 122 Å². The van der Waals surface area contributed by atoms with Gasteiger partial charge in [-0.25, -0.2) is 4.79 Å². The maximum atomic E-state index is 11.0. The summed E-state index contributed by atoms with van der Waals surface area (Å²) in [6, 6.07) is 13.6. The number of aliphatic hydroxyl groups is 1. The molecule has 0 aliphatic carbocycles. The van der Waals surface area contributed by atoms with E-state index in [-0.39, 0.29) is 25.4 Å². The SMILES string of the molecule is O=C(O)c1ccccc1OCCOc1cccc(CO)c1. The first-order valence-corrected chi connectivity index (χ1v) is 6.48. The van der Waals surface area contributed by atoms with Crippen LogP contribution in [0.4, 0.5) is 0 Å². The average Bonchev–Trinajstić information content (AvgIpc) is 2.52. The predicted molar refractivity (Wildman–Crippen MR) is 76.8 cm³/mol. The zero-order valence-electron chi connectivity index (χ0n) is 11.4. The van der Waals surface area contributed by atoms with Crippen molar-refractivity contribution in [2.75, 3.05) is 13.2 Å². The van der Waals surface area contributed by atoms with Crippen LogP contribution < -0.4 is 9.47 Å². The zero-order valence-corrected chi connectivity index (χ0v) is 11.4. The molecule has 5 heteroatoms. The molecular formula is C16H16O5. The molecule has 110 valence electrons. The molecule has 2 aromatic rings. The van der Waals surface area contributed by atoms with Gasteiger partial charge in [0.05, 0.1) is 6.61 Å². The monoisotopic (exact) mass is 288 g/mol. The molecule has 0 unspecified atom stereocenters. The molecule has 0 amide bonds. The van der Waals surface area contributed by atoms with Crippen molar-refractivity contribution in [1.29, 1.82) is 0 Å². The highest BCUT2D eigenvalue weighted by atomic mass is 16.5. The number of aromatic carboxylic acids is 1. The highest BCUT2D eigenvalue weighted by Crippen LogP contribution is 2.18. The molecule has 0 spiro atoms. The molecule has 2 rings (SSSR count). The second-order valence-electron chi connectivity index (χ2n) is 4.30. The minimum atomic E-state index is -1.03. The van der Waals surface area contributed by atoms with Gasteiger partial charge in [0.25, 0.3) is 0 Å². The summed E-state index contributed by atoms with van der Waals surface area (Å²) in [7, 11) is 0. The van der Waals surface area contributed by atoms with E-state index in [0.29, 0.717) is 11.5 Å². The van der Waals surface area contributed by atoms with Gasteiger partial charge in [-0.05, 0) is 29.8 Å². The minimum Gasteiger partial charge on any atom is -0.490 e. The highest BCUT2D eigenvalue weighted by molar-refractivity contribution is 5.90. The van der Waals surface area contributed by atoms with Crippen molar-refractivity contribution in [3.8, 4) is 11.5 Å². The summed E-state index contributed by atoms with van der Waals surface area (Å²) >= 11 is 0. The number of carboxylic acid groups (broad SMARTS) is 1. The van der Waals surface area contributed by atoms with E-state index in [4.69, 9.17) is 19.7 Å². The predicted octanol–water partition coefficient (Wildman–Crippen LogP) is 2.33. The number of carbonyl (C=O) groups is 1. The number of ether oxygens (including phenoxy) is 2. The summed E-state index contributed by atoms with van der Waals surface area (Å²) in [5, 5.41) is 18.1. The van der Waals surface area contributed by atoms with Crippen LogP contribution in [0.25, 0.3) is 0 Å². The van der Waals surface area contributed by atoms with E-state index in [0.717, 1.165) is 5.56 Å². The summed E-state index contributed by atoms with van der Waals surface area (Å²) in [4.78, 5) is 11.0. The lowest BCUT2D eigenvalue weighted by molar-refractivity contribution is 0.0691. The summed E-state index contributed by atoms with van der Waals surface area (Å²) in [6.45, 7) is 0.468. The van der Waals surface area contributed by atoms with Crippen molar-refractivity contribution in [3.63, 3.8) is 0 Å². The third kappa shape index (κ3) is 4.22. The Bertz CT molecular complexity index is 609. The molecule has 2 N–H and O–H groups in total. The molecule has 2 aromatic carbocycles. The van der Waals surface area contributed by atoms with E-state index in [1.54, 1.807) is 42.5 Å². The first-order valence-electron chi connectivity index (χ1n) is 6.48. The fourth-order valence-corrected chi connectivity index (χ4v) is 1.81. The lowest BCUT2D eigenvalue weighted by atomic mass is 10.2. The van der Waals surface area contributed by atoms with Gasteiger partial charge in [-0.15, -0.1) is 0 Å². The number of rotatable bonds is 7. The summed E-state index contributed by atoms with van der Waals surface area (Å²) in [5.74, 6) is -0.0726. The van der Waals surface area contributed by atoms with Crippen molar-refractivity contribution in [3.05, 3.63) is 59.7 Å². The van der Waals surface area contributed by atoms with Gasteiger partial charge in [-0.3, -0.25) is 0 Å². The molecule has 0 aliphatic rings. The molecule has 0 saturated carbocycles. The van der Waals surface area contributed by atoms with Gasteiger partial charge in [0.15, 0.2) is 0 Å². The Balaban J connectivity index is 1.86. The van der Waals surface area contributed by atoms with E-state index in [1.165, 1.54) is 6.07 Å². The van der Waals surface area contributed by atoms with Gasteiger partial charge in [0, 0.05) is 0 Å². The molecule has 0 aromatic heterocycles. The fourth-order valence-electron chi connectivity index (χ4n) is 1.81. The lowest BCUT2D eigenvalue weighted by Crippen LogP contribution is -2.11. The van der Waals surface area contributed by atoms with Crippen molar-refractivity contribution < 1.29 is 24.5 Å². The maximum absolute atomic E-state index is 11.0. The lowest BCUT2D eigenvalue weighted by Gasteiger charge is -2.10. The van der Waals surface area contributed by atoms with Gasteiger partial charge >= 0.3 is 5.97 Å². The van der Waals surface area contributed by atoms with Crippen LogP contribution >= 0.6 is 0 Å². The summed E-state index contributed by atoms with van der Waals surface area (Å²) < 4.78 is 10.9. The summed E-state index contributed by atoms with van der Waals surface area (Å²) in [5.41, 5.74) is 0.893. The average molecular weight is 288 g/mol. The van der Waals surface area contributed by atoms with E-state index in [2.05, 4.69) is 0 Å². The zero-order chi connectivity index (χ0) is 15.1. The molecule has 0 bridgehead atoms. The fraction of sp³-hybridized carbons (Fsp3) is 0.188. The topological polar surface area (TPSA) is 76.0 Å². The van der Waals surface area contributed by atoms with E-state index >= 15 is 0 Å². The third-order valence-electron chi connectivity index (χ3n) is 2.81. The van der Waals surface area contributed by atoms with Gasteiger partial charge in [0.1, 0.15) is 30.3 Å². The van der Waals surface area contributed by atoms with Crippen LogP contribution in [0.5, 0.6) is 11.5 Å². The minimum absolute atomic E-state index is 0.0420. The van der Waals surface area contributed by atoms with Crippen LogP contribution in [0.3, 0.4) is 0 Å².